The maximum atomic E-state index is 12.1. The maximum absolute atomic E-state index is 12.1. The molecule has 0 aliphatic heterocycles. The summed E-state index contributed by atoms with van der Waals surface area (Å²) in [6.45, 7) is 1.37. The van der Waals surface area contributed by atoms with Crippen molar-refractivity contribution in [3.05, 3.63) is 29.8 Å². The molecule has 0 atom stereocenters. The van der Waals surface area contributed by atoms with Crippen molar-refractivity contribution in [3.63, 3.8) is 0 Å². The summed E-state index contributed by atoms with van der Waals surface area (Å²) in [5.74, 6) is 1.60. The fourth-order valence-electron chi connectivity index (χ4n) is 2.74. The molecule has 19 heavy (non-hydrogen) atoms. The number of hydrogen-bond donors (Lipinski definition) is 0. The van der Waals surface area contributed by atoms with Gasteiger partial charge in [0, 0.05) is 12.5 Å². The van der Waals surface area contributed by atoms with Crippen molar-refractivity contribution >= 4 is 5.78 Å². The van der Waals surface area contributed by atoms with Gasteiger partial charge in [-0.25, -0.2) is 0 Å². The van der Waals surface area contributed by atoms with Gasteiger partial charge in [-0.2, -0.15) is 0 Å². The van der Waals surface area contributed by atoms with Gasteiger partial charge < -0.3 is 4.74 Å². The molecule has 1 fully saturated rings. The van der Waals surface area contributed by atoms with Crippen LogP contribution >= 0.6 is 0 Å². The molecule has 0 heterocycles. The molecule has 1 saturated carbocycles. The van der Waals surface area contributed by atoms with E-state index in [0.717, 1.165) is 25.1 Å². The van der Waals surface area contributed by atoms with E-state index in [4.69, 9.17) is 4.74 Å². The Kier molecular flexibility index (Phi) is 4.97. The number of likely N-dealkylation sites (N-methyl/N-ethyl adjacent to an activating group) is 1. The van der Waals surface area contributed by atoms with E-state index < -0.39 is 0 Å². The molecule has 0 bridgehead atoms. The number of methoxy groups -OCH3 is 1. The topological polar surface area (TPSA) is 29.5 Å². The highest BCUT2D eigenvalue weighted by atomic mass is 16.5. The first-order valence-electron chi connectivity index (χ1n) is 7.03. The van der Waals surface area contributed by atoms with E-state index in [1.165, 1.54) is 18.4 Å². The fraction of sp³-hybridized carbons (Fsp3) is 0.562. The summed E-state index contributed by atoms with van der Waals surface area (Å²) in [5, 5.41) is 0. The van der Waals surface area contributed by atoms with Crippen LogP contribution in [-0.4, -0.2) is 31.4 Å². The van der Waals surface area contributed by atoms with Crippen molar-refractivity contribution in [2.24, 2.45) is 5.92 Å². The zero-order valence-electron chi connectivity index (χ0n) is 11.9. The lowest BCUT2D eigenvalue weighted by molar-refractivity contribution is -0.123. The fourth-order valence-corrected chi connectivity index (χ4v) is 2.74. The second-order valence-corrected chi connectivity index (χ2v) is 5.47. The van der Waals surface area contributed by atoms with Gasteiger partial charge in [0.25, 0.3) is 0 Å². The average molecular weight is 261 g/mol. The van der Waals surface area contributed by atoms with Crippen LogP contribution in [0.5, 0.6) is 5.75 Å². The molecule has 0 amide bonds. The van der Waals surface area contributed by atoms with Crippen LogP contribution in [0.2, 0.25) is 0 Å². The molecular formula is C16H23NO2. The average Bonchev–Trinajstić information content (AvgIpc) is 2.93. The van der Waals surface area contributed by atoms with Crippen LogP contribution in [0.1, 0.15) is 31.2 Å². The standard InChI is InChI=1S/C16H23NO2/c1-17(12-16(18)14-5-3-4-6-14)11-13-7-9-15(19-2)10-8-13/h7-10,14H,3-6,11-12H2,1-2H3. The van der Waals surface area contributed by atoms with Crippen LogP contribution in [0.15, 0.2) is 24.3 Å². The summed E-state index contributed by atoms with van der Waals surface area (Å²) in [7, 11) is 3.68. The van der Waals surface area contributed by atoms with E-state index in [9.17, 15) is 4.79 Å². The van der Waals surface area contributed by atoms with Crippen LogP contribution in [0.25, 0.3) is 0 Å². The number of carbonyl (C=O) groups excluding carboxylic acids is 1. The number of hydrogen-bond acceptors (Lipinski definition) is 3. The minimum Gasteiger partial charge on any atom is -0.497 e. The third-order valence-corrected chi connectivity index (χ3v) is 3.85. The predicted molar refractivity (Wildman–Crippen MR) is 76.3 cm³/mol. The van der Waals surface area contributed by atoms with E-state index in [1.807, 2.05) is 19.2 Å². The van der Waals surface area contributed by atoms with Crippen LogP contribution in [0.3, 0.4) is 0 Å². The van der Waals surface area contributed by atoms with Crippen molar-refractivity contribution in [1.29, 1.82) is 0 Å². The number of nitrogens with zero attached hydrogens (tertiary/aromatic N) is 1. The maximum Gasteiger partial charge on any atom is 0.149 e. The number of ether oxygens (including phenoxy) is 1. The number of Topliss-reactive ketones (excluding diaryl/α,β-unsaturated/α-hetero) is 1. The molecule has 3 nitrogen and oxygen atoms in total. The molecule has 1 aliphatic carbocycles. The van der Waals surface area contributed by atoms with Crippen molar-refractivity contribution in [2.75, 3.05) is 20.7 Å². The first kappa shape index (κ1) is 14.1. The number of benzene rings is 1. The van der Waals surface area contributed by atoms with Gasteiger partial charge in [-0.3, -0.25) is 9.69 Å². The molecule has 0 spiro atoms. The number of carbonyl (C=O) groups is 1. The Labute approximate surface area is 115 Å². The predicted octanol–water partition coefficient (Wildman–Crippen LogP) is 2.89. The van der Waals surface area contributed by atoms with E-state index >= 15 is 0 Å². The third-order valence-electron chi connectivity index (χ3n) is 3.85. The first-order chi connectivity index (χ1) is 9.19. The van der Waals surface area contributed by atoms with Crippen molar-refractivity contribution in [1.82, 2.24) is 4.90 Å². The summed E-state index contributed by atoms with van der Waals surface area (Å²) in [4.78, 5) is 14.2. The molecule has 1 aromatic carbocycles. The quantitative estimate of drug-likeness (QED) is 0.788. The monoisotopic (exact) mass is 261 g/mol. The Balaban J connectivity index is 1.82. The van der Waals surface area contributed by atoms with Gasteiger partial charge in [0.05, 0.1) is 13.7 Å². The smallest absolute Gasteiger partial charge is 0.149 e. The summed E-state index contributed by atoms with van der Waals surface area (Å²) in [6, 6.07) is 8.02. The van der Waals surface area contributed by atoms with Crippen molar-refractivity contribution < 1.29 is 9.53 Å². The molecule has 0 aromatic heterocycles. The SMILES string of the molecule is COc1ccc(CN(C)CC(=O)C2CCCC2)cc1. The largest absolute Gasteiger partial charge is 0.497 e. The number of rotatable bonds is 6. The van der Waals surface area contributed by atoms with E-state index in [-0.39, 0.29) is 0 Å². The molecular weight excluding hydrogens is 238 g/mol. The van der Waals surface area contributed by atoms with Crippen LogP contribution in [0.4, 0.5) is 0 Å². The Morgan fingerprint density at radius 1 is 1.26 bits per heavy atom. The zero-order valence-corrected chi connectivity index (χ0v) is 11.9. The second kappa shape index (κ2) is 6.71. The summed E-state index contributed by atoms with van der Waals surface area (Å²) < 4.78 is 5.14. The minimum atomic E-state index is 0.318. The van der Waals surface area contributed by atoms with Crippen molar-refractivity contribution in [2.45, 2.75) is 32.2 Å². The van der Waals surface area contributed by atoms with Gasteiger partial charge in [-0.1, -0.05) is 25.0 Å². The summed E-state index contributed by atoms with van der Waals surface area (Å²) in [6.07, 6.45) is 4.63. The minimum absolute atomic E-state index is 0.318. The molecule has 1 aromatic rings. The van der Waals surface area contributed by atoms with Crippen LogP contribution in [0, 0.1) is 5.92 Å². The zero-order chi connectivity index (χ0) is 13.7. The van der Waals surface area contributed by atoms with Gasteiger partial charge in [-0.05, 0) is 37.6 Å². The van der Waals surface area contributed by atoms with Gasteiger partial charge >= 0.3 is 0 Å². The number of ketones is 1. The van der Waals surface area contributed by atoms with E-state index in [1.54, 1.807) is 7.11 Å². The highest BCUT2D eigenvalue weighted by molar-refractivity contribution is 5.83. The van der Waals surface area contributed by atoms with E-state index in [0.29, 0.717) is 18.2 Å². The van der Waals surface area contributed by atoms with Gasteiger partial charge in [0.1, 0.15) is 11.5 Å². The van der Waals surface area contributed by atoms with Gasteiger partial charge in [-0.15, -0.1) is 0 Å². The lowest BCUT2D eigenvalue weighted by Gasteiger charge is -2.18. The highest BCUT2D eigenvalue weighted by Crippen LogP contribution is 2.25. The molecule has 104 valence electrons. The van der Waals surface area contributed by atoms with E-state index in [2.05, 4.69) is 17.0 Å². The highest BCUT2D eigenvalue weighted by Gasteiger charge is 2.23. The molecule has 2 rings (SSSR count). The molecule has 1 aliphatic rings. The first-order valence-corrected chi connectivity index (χ1v) is 7.03. The summed E-state index contributed by atoms with van der Waals surface area (Å²) >= 11 is 0. The van der Waals surface area contributed by atoms with Crippen LogP contribution < -0.4 is 4.74 Å². The van der Waals surface area contributed by atoms with Gasteiger partial charge in [0.15, 0.2) is 0 Å². The lowest BCUT2D eigenvalue weighted by atomic mass is 10.0. The normalized spacial score (nSPS) is 15.9. The molecule has 0 saturated heterocycles. The van der Waals surface area contributed by atoms with Gasteiger partial charge in [0.2, 0.25) is 0 Å². The molecule has 0 radical (unpaired) electrons. The lowest BCUT2D eigenvalue weighted by Crippen LogP contribution is -2.29. The molecule has 0 unspecified atom stereocenters. The van der Waals surface area contributed by atoms with Crippen LogP contribution in [-0.2, 0) is 11.3 Å². The Hall–Kier alpha value is -1.35. The Bertz CT molecular complexity index is 407. The molecule has 3 heteroatoms. The second-order valence-electron chi connectivity index (χ2n) is 5.47. The Morgan fingerprint density at radius 3 is 2.47 bits per heavy atom. The Morgan fingerprint density at radius 2 is 1.89 bits per heavy atom. The molecule has 0 N–H and O–H groups in total. The summed E-state index contributed by atoms with van der Waals surface area (Å²) in [5.41, 5.74) is 1.21. The third kappa shape index (κ3) is 4.06. The van der Waals surface area contributed by atoms with Crippen molar-refractivity contribution in [3.8, 4) is 5.75 Å².